The Hall–Kier alpha value is -1.49. The van der Waals surface area contributed by atoms with Gasteiger partial charge in [-0.3, -0.25) is 9.59 Å². The average molecular weight is 256 g/mol. The molecule has 0 heterocycles. The van der Waals surface area contributed by atoms with E-state index in [0.29, 0.717) is 11.3 Å². The molecule has 0 aliphatic rings. The van der Waals surface area contributed by atoms with E-state index in [1.807, 2.05) is 0 Å². The minimum absolute atomic E-state index is 0.0247. The molecule has 1 aromatic carbocycles. The summed E-state index contributed by atoms with van der Waals surface area (Å²) < 4.78 is 26.4. The van der Waals surface area contributed by atoms with Crippen molar-refractivity contribution in [3.63, 3.8) is 0 Å². The van der Waals surface area contributed by atoms with Crippen LogP contribution in [0.1, 0.15) is 22.8 Å². The molecule has 0 unspecified atom stereocenters. The number of halogens is 2. The van der Waals surface area contributed by atoms with E-state index in [0.717, 1.165) is 23.9 Å². The van der Waals surface area contributed by atoms with E-state index >= 15 is 0 Å². The maximum absolute atomic E-state index is 13.2. The second kappa shape index (κ2) is 6.30. The molecule has 5 heteroatoms. The van der Waals surface area contributed by atoms with E-state index in [2.05, 4.69) is 0 Å². The van der Waals surface area contributed by atoms with Gasteiger partial charge in [-0.1, -0.05) is 23.9 Å². The number of carbonyl (C=O) groups is 2. The van der Waals surface area contributed by atoms with Gasteiger partial charge in [0.15, 0.2) is 11.4 Å². The van der Waals surface area contributed by atoms with Crippen LogP contribution < -0.4 is 0 Å². The van der Waals surface area contributed by atoms with Gasteiger partial charge in [0, 0.05) is 12.7 Å². The summed E-state index contributed by atoms with van der Waals surface area (Å²) in [4.78, 5) is 21.0. The molecule has 1 rings (SSSR count). The number of benzene rings is 1. The number of rotatable bonds is 4. The third kappa shape index (κ3) is 4.11. The highest BCUT2D eigenvalue weighted by Gasteiger charge is 2.08. The van der Waals surface area contributed by atoms with Crippen LogP contribution >= 0.6 is 11.8 Å². The van der Waals surface area contributed by atoms with Gasteiger partial charge in [-0.2, -0.15) is 0 Å². The lowest BCUT2D eigenvalue weighted by Gasteiger charge is -1.99. The molecule has 0 spiro atoms. The molecule has 0 saturated heterocycles. The molecule has 90 valence electrons. The van der Waals surface area contributed by atoms with Crippen LogP contribution in [0, 0.1) is 11.6 Å². The number of hydrogen-bond acceptors (Lipinski definition) is 3. The van der Waals surface area contributed by atoms with E-state index in [4.69, 9.17) is 0 Å². The molecule has 0 N–H and O–H groups in total. The Morgan fingerprint density at radius 1 is 1.35 bits per heavy atom. The number of thioether (sulfide) groups is 1. The maximum atomic E-state index is 13.2. The van der Waals surface area contributed by atoms with Crippen molar-refractivity contribution in [1.82, 2.24) is 0 Å². The fourth-order valence-electron chi connectivity index (χ4n) is 1.16. The topological polar surface area (TPSA) is 34.1 Å². The molecule has 0 fully saturated rings. The predicted molar refractivity (Wildman–Crippen MR) is 63.9 cm³/mol. The van der Waals surface area contributed by atoms with E-state index < -0.39 is 17.2 Å². The van der Waals surface area contributed by atoms with Crippen LogP contribution in [-0.2, 0) is 4.79 Å². The standard InChI is InChI=1S/C12H10F2O2S/c1-8(16)17-4-2-3-9-5-11(13)10(7-15)12(14)6-9/h2-3,5-7H,4H2,1H3. The van der Waals surface area contributed by atoms with Crippen molar-refractivity contribution in [2.75, 3.05) is 5.75 Å². The first kappa shape index (κ1) is 13.6. The molecule has 0 bridgehead atoms. The van der Waals surface area contributed by atoms with Crippen molar-refractivity contribution < 1.29 is 18.4 Å². The van der Waals surface area contributed by atoms with Crippen molar-refractivity contribution >= 4 is 29.2 Å². The summed E-state index contributed by atoms with van der Waals surface area (Å²) in [7, 11) is 0. The maximum Gasteiger partial charge on any atom is 0.186 e. The van der Waals surface area contributed by atoms with Crippen LogP contribution in [0.15, 0.2) is 18.2 Å². The minimum Gasteiger partial charge on any atom is -0.298 e. The van der Waals surface area contributed by atoms with Gasteiger partial charge in [-0.15, -0.1) is 0 Å². The largest absolute Gasteiger partial charge is 0.298 e. The molecule has 0 aliphatic carbocycles. The number of aldehydes is 1. The van der Waals surface area contributed by atoms with Gasteiger partial charge in [0.25, 0.3) is 0 Å². The summed E-state index contributed by atoms with van der Waals surface area (Å²) in [6.45, 7) is 1.44. The lowest BCUT2D eigenvalue weighted by Crippen LogP contribution is -1.94. The first-order valence-corrected chi connectivity index (χ1v) is 5.77. The van der Waals surface area contributed by atoms with Gasteiger partial charge in [0.05, 0.1) is 5.56 Å². The third-order valence-corrected chi connectivity index (χ3v) is 2.68. The summed E-state index contributed by atoms with van der Waals surface area (Å²) in [5, 5.41) is -0.0247. The summed E-state index contributed by atoms with van der Waals surface area (Å²) in [5.41, 5.74) is -0.255. The van der Waals surface area contributed by atoms with Crippen molar-refractivity contribution in [2.24, 2.45) is 0 Å². The molecular formula is C12H10F2O2S. The van der Waals surface area contributed by atoms with Crippen molar-refractivity contribution in [2.45, 2.75) is 6.92 Å². The molecule has 0 aliphatic heterocycles. The Kier molecular flexibility index (Phi) is 5.03. The normalized spacial score (nSPS) is 10.8. The van der Waals surface area contributed by atoms with Crippen LogP contribution in [0.5, 0.6) is 0 Å². The van der Waals surface area contributed by atoms with Gasteiger partial charge >= 0.3 is 0 Å². The van der Waals surface area contributed by atoms with Crippen molar-refractivity contribution in [3.8, 4) is 0 Å². The zero-order valence-corrected chi connectivity index (χ0v) is 9.89. The van der Waals surface area contributed by atoms with Gasteiger partial charge in [0.1, 0.15) is 11.6 Å². The van der Waals surface area contributed by atoms with Crippen molar-refractivity contribution in [1.29, 1.82) is 0 Å². The smallest absolute Gasteiger partial charge is 0.186 e. The fraction of sp³-hybridized carbons (Fsp3) is 0.167. The zero-order chi connectivity index (χ0) is 12.8. The molecule has 1 aromatic rings. The Balaban J connectivity index is 2.79. The highest BCUT2D eigenvalue weighted by Crippen LogP contribution is 2.15. The lowest BCUT2D eigenvalue weighted by molar-refractivity contribution is -0.109. The van der Waals surface area contributed by atoms with Crippen LogP contribution in [0.4, 0.5) is 8.78 Å². The van der Waals surface area contributed by atoms with Crippen LogP contribution in [-0.4, -0.2) is 17.2 Å². The van der Waals surface area contributed by atoms with E-state index in [-0.39, 0.29) is 11.4 Å². The Morgan fingerprint density at radius 3 is 2.41 bits per heavy atom. The van der Waals surface area contributed by atoms with Crippen LogP contribution in [0.2, 0.25) is 0 Å². The SMILES string of the molecule is CC(=O)SCC=Cc1cc(F)c(C=O)c(F)c1. The second-order valence-corrected chi connectivity index (χ2v) is 4.42. The minimum atomic E-state index is -0.890. The molecule has 2 nitrogen and oxygen atoms in total. The van der Waals surface area contributed by atoms with E-state index in [1.54, 1.807) is 6.08 Å². The number of hydrogen-bond donors (Lipinski definition) is 0. The third-order valence-electron chi connectivity index (χ3n) is 1.91. The zero-order valence-electron chi connectivity index (χ0n) is 9.07. The molecule has 0 aromatic heterocycles. The fourth-order valence-corrected chi connectivity index (χ4v) is 1.59. The van der Waals surface area contributed by atoms with Crippen molar-refractivity contribution in [3.05, 3.63) is 41.0 Å². The lowest BCUT2D eigenvalue weighted by atomic mass is 10.1. The summed E-state index contributed by atoms with van der Waals surface area (Å²) >= 11 is 1.10. The highest BCUT2D eigenvalue weighted by molar-refractivity contribution is 8.13. The molecule has 0 amide bonds. The van der Waals surface area contributed by atoms with Gasteiger partial charge in [-0.05, 0) is 17.7 Å². The van der Waals surface area contributed by atoms with Gasteiger partial charge in [0.2, 0.25) is 0 Å². The molecule has 0 radical (unpaired) electrons. The Labute approximate surface area is 102 Å². The predicted octanol–water partition coefficient (Wildman–Crippen LogP) is 3.07. The molecule has 0 atom stereocenters. The quantitative estimate of drug-likeness (QED) is 0.776. The van der Waals surface area contributed by atoms with E-state index in [9.17, 15) is 18.4 Å². The summed E-state index contributed by atoms with van der Waals surface area (Å²) in [6.07, 6.45) is 3.27. The van der Waals surface area contributed by atoms with Crippen LogP contribution in [0.25, 0.3) is 6.08 Å². The summed E-state index contributed by atoms with van der Waals surface area (Å²) in [5.74, 6) is -1.34. The number of carbonyl (C=O) groups excluding carboxylic acids is 2. The molecule has 17 heavy (non-hydrogen) atoms. The summed E-state index contributed by atoms with van der Waals surface area (Å²) in [6, 6.07) is 2.14. The Morgan fingerprint density at radius 2 is 1.94 bits per heavy atom. The molecular weight excluding hydrogens is 246 g/mol. The first-order chi connectivity index (χ1) is 8.04. The monoisotopic (exact) mass is 256 g/mol. The van der Waals surface area contributed by atoms with Gasteiger partial charge < -0.3 is 0 Å². The highest BCUT2D eigenvalue weighted by atomic mass is 32.2. The molecule has 0 saturated carbocycles. The first-order valence-electron chi connectivity index (χ1n) is 4.78. The second-order valence-electron chi connectivity index (χ2n) is 3.22. The Bertz CT molecular complexity index is 447. The van der Waals surface area contributed by atoms with Gasteiger partial charge in [-0.25, -0.2) is 8.78 Å². The van der Waals surface area contributed by atoms with E-state index in [1.165, 1.54) is 13.0 Å². The average Bonchev–Trinajstić information content (AvgIpc) is 2.24. The van der Waals surface area contributed by atoms with Crippen LogP contribution in [0.3, 0.4) is 0 Å².